The van der Waals surface area contributed by atoms with Gasteiger partial charge in [0.25, 0.3) is 5.91 Å². The van der Waals surface area contributed by atoms with Gasteiger partial charge in [0.15, 0.2) is 11.5 Å². The Kier molecular flexibility index (Phi) is 9.78. The topological polar surface area (TPSA) is 59.9 Å². The number of carbonyl (C=O) groups is 1. The summed E-state index contributed by atoms with van der Waals surface area (Å²) in [6.07, 6.45) is 4.55. The van der Waals surface area contributed by atoms with Crippen molar-refractivity contribution in [2.75, 3.05) is 12.4 Å². The number of carbonyl (C=O) groups excluding carboxylic acids is 1. The lowest BCUT2D eigenvalue weighted by molar-refractivity contribution is 0.102. The minimum Gasteiger partial charge on any atom is -0.493 e. The highest BCUT2D eigenvalue weighted by Crippen LogP contribution is 2.45. The Morgan fingerprint density at radius 2 is 1.93 bits per heavy atom. The number of hydrogen-bond donors (Lipinski definition) is 1. The van der Waals surface area contributed by atoms with E-state index in [0.29, 0.717) is 44.3 Å². The molecule has 1 aromatic heterocycles. The molecule has 5 nitrogen and oxygen atoms in total. The van der Waals surface area contributed by atoms with E-state index in [1.807, 2.05) is 12.1 Å². The van der Waals surface area contributed by atoms with Crippen LogP contribution in [0.5, 0.6) is 11.5 Å². The molecule has 1 amide bonds. The molecule has 1 aliphatic rings. The first-order valence-electron chi connectivity index (χ1n) is 14.0. The number of anilines is 1. The van der Waals surface area contributed by atoms with Crippen molar-refractivity contribution in [1.29, 1.82) is 0 Å². The van der Waals surface area contributed by atoms with Crippen molar-refractivity contribution in [3.63, 3.8) is 0 Å². The fourth-order valence-corrected chi connectivity index (χ4v) is 7.39. The van der Waals surface area contributed by atoms with Crippen LogP contribution >= 0.6 is 45.5 Å². The number of ether oxygens (including phenoxy) is 2. The second kappa shape index (κ2) is 13.4. The lowest BCUT2D eigenvalue weighted by atomic mass is 9.72. The second-order valence-corrected chi connectivity index (χ2v) is 14.3. The first-order chi connectivity index (χ1) is 20.5. The Morgan fingerprint density at radius 3 is 2.63 bits per heavy atom. The Balaban J connectivity index is 1.45. The van der Waals surface area contributed by atoms with E-state index < -0.39 is 0 Å². The molecule has 1 N–H and O–H groups in total. The third-order valence-electron chi connectivity index (χ3n) is 7.71. The fraction of sp³-hybridized carbons (Fsp3) is 0.294. The summed E-state index contributed by atoms with van der Waals surface area (Å²) in [7, 11) is 1.57. The standard InChI is InChI=1S/C34H33ClFIN2O3S/c1-34(2,3)22-9-14-25-29(17-22)43-33(30(25)32(40)39-24-12-10-23(35)11-13-24)38-18-20-15-27(37)31(28(16-20)41-4)42-19-21-7-5-6-8-26(21)36/h5-8,10-13,15-16,18,22H,9,14,17,19H2,1-4H3,(H,39,40)/t22-/m0/s1. The van der Waals surface area contributed by atoms with Crippen molar-refractivity contribution in [3.05, 3.63) is 102 Å². The van der Waals surface area contributed by atoms with E-state index in [1.165, 1.54) is 10.9 Å². The van der Waals surface area contributed by atoms with Gasteiger partial charge in [-0.1, -0.05) is 50.6 Å². The van der Waals surface area contributed by atoms with Gasteiger partial charge in [-0.25, -0.2) is 9.38 Å². The molecular weight excluding hydrogens is 698 g/mol. The molecule has 1 heterocycles. The molecule has 3 aromatic carbocycles. The van der Waals surface area contributed by atoms with E-state index in [2.05, 4.69) is 48.7 Å². The van der Waals surface area contributed by atoms with Gasteiger partial charge >= 0.3 is 0 Å². The normalized spacial score (nSPS) is 14.9. The van der Waals surface area contributed by atoms with Gasteiger partial charge in [0.2, 0.25) is 0 Å². The van der Waals surface area contributed by atoms with Crippen molar-refractivity contribution in [2.24, 2.45) is 16.3 Å². The molecule has 5 rings (SSSR count). The van der Waals surface area contributed by atoms with Gasteiger partial charge < -0.3 is 14.8 Å². The van der Waals surface area contributed by atoms with Crippen LogP contribution < -0.4 is 14.8 Å². The molecule has 1 aliphatic carbocycles. The quantitative estimate of drug-likeness (QED) is 0.145. The third-order valence-corrected chi connectivity index (χ3v) is 9.93. The van der Waals surface area contributed by atoms with Crippen LogP contribution in [0, 0.1) is 20.7 Å². The molecule has 0 bridgehead atoms. The Bertz CT molecular complexity index is 1660. The Hall–Kier alpha value is -2.95. The first kappa shape index (κ1) is 31.5. The van der Waals surface area contributed by atoms with Crippen LogP contribution in [0.25, 0.3) is 0 Å². The maximum atomic E-state index is 14.1. The zero-order chi connectivity index (χ0) is 30.7. The van der Waals surface area contributed by atoms with Gasteiger partial charge in [-0.3, -0.25) is 4.79 Å². The maximum absolute atomic E-state index is 14.1. The summed E-state index contributed by atoms with van der Waals surface area (Å²) in [6, 6.07) is 17.4. The van der Waals surface area contributed by atoms with Crippen molar-refractivity contribution in [3.8, 4) is 11.5 Å². The number of halogens is 3. The molecule has 0 radical (unpaired) electrons. The molecule has 224 valence electrons. The number of thiophene rings is 1. The zero-order valence-electron chi connectivity index (χ0n) is 24.5. The van der Waals surface area contributed by atoms with E-state index in [9.17, 15) is 9.18 Å². The molecule has 0 fully saturated rings. The predicted molar refractivity (Wildman–Crippen MR) is 182 cm³/mol. The number of aliphatic imine (C=N–C) groups is 1. The summed E-state index contributed by atoms with van der Waals surface area (Å²) in [5.74, 6) is 1.09. The number of nitrogens with one attached hydrogen (secondary N) is 1. The van der Waals surface area contributed by atoms with E-state index >= 15 is 0 Å². The molecule has 1 atom stereocenters. The zero-order valence-corrected chi connectivity index (χ0v) is 28.2. The largest absolute Gasteiger partial charge is 0.493 e. The third kappa shape index (κ3) is 7.41. The van der Waals surface area contributed by atoms with Gasteiger partial charge in [-0.2, -0.15) is 0 Å². The molecule has 4 aromatic rings. The summed E-state index contributed by atoms with van der Waals surface area (Å²) in [5.41, 5.74) is 3.84. The number of benzene rings is 3. The molecule has 43 heavy (non-hydrogen) atoms. The minimum atomic E-state index is -0.316. The monoisotopic (exact) mass is 730 g/mol. The summed E-state index contributed by atoms with van der Waals surface area (Å²) < 4.78 is 26.5. The molecule has 0 saturated carbocycles. The van der Waals surface area contributed by atoms with Gasteiger partial charge in [0.1, 0.15) is 17.4 Å². The number of rotatable bonds is 8. The summed E-state index contributed by atoms with van der Waals surface area (Å²) in [6.45, 7) is 6.92. The highest BCUT2D eigenvalue weighted by Gasteiger charge is 2.33. The van der Waals surface area contributed by atoms with Gasteiger partial charge in [0, 0.05) is 27.4 Å². The van der Waals surface area contributed by atoms with E-state index in [0.717, 1.165) is 34.0 Å². The maximum Gasteiger partial charge on any atom is 0.259 e. The van der Waals surface area contributed by atoms with Gasteiger partial charge in [-0.15, -0.1) is 11.3 Å². The van der Waals surface area contributed by atoms with Crippen LogP contribution in [0.4, 0.5) is 15.1 Å². The van der Waals surface area contributed by atoms with Crippen molar-refractivity contribution in [1.82, 2.24) is 0 Å². The van der Waals surface area contributed by atoms with Gasteiger partial charge in [0.05, 0.1) is 16.2 Å². The number of fused-ring (bicyclic) bond motifs is 1. The first-order valence-corrected chi connectivity index (χ1v) is 16.3. The smallest absolute Gasteiger partial charge is 0.259 e. The summed E-state index contributed by atoms with van der Waals surface area (Å²) in [5, 5.41) is 4.33. The molecule has 0 spiro atoms. The molecule has 0 unspecified atom stereocenters. The number of amides is 1. The average molecular weight is 731 g/mol. The fourth-order valence-electron chi connectivity index (χ4n) is 5.22. The number of hydrogen-bond acceptors (Lipinski definition) is 5. The number of nitrogens with zero attached hydrogens (tertiary/aromatic N) is 1. The lowest BCUT2D eigenvalue weighted by Gasteiger charge is -2.33. The second-order valence-electron chi connectivity index (χ2n) is 11.6. The van der Waals surface area contributed by atoms with Crippen LogP contribution in [-0.2, 0) is 19.4 Å². The number of methoxy groups -OCH3 is 1. The molecule has 0 aliphatic heterocycles. The average Bonchev–Trinajstić information content (AvgIpc) is 3.34. The minimum absolute atomic E-state index is 0.0782. The Morgan fingerprint density at radius 1 is 1.19 bits per heavy atom. The predicted octanol–water partition coefficient (Wildman–Crippen LogP) is 9.89. The highest BCUT2D eigenvalue weighted by atomic mass is 127. The van der Waals surface area contributed by atoms with Crippen LogP contribution in [0.15, 0.2) is 65.7 Å². The Labute approximate surface area is 274 Å². The van der Waals surface area contributed by atoms with Crippen LogP contribution in [-0.4, -0.2) is 19.2 Å². The van der Waals surface area contributed by atoms with E-state index in [4.69, 9.17) is 26.1 Å². The van der Waals surface area contributed by atoms with Crippen molar-refractivity contribution in [2.45, 2.75) is 46.6 Å². The van der Waals surface area contributed by atoms with Crippen molar-refractivity contribution >= 4 is 68.3 Å². The SMILES string of the molecule is COc1cc(C=Nc2sc3c(c2C(=O)Nc2ccc(Cl)cc2)CC[C@H](C(C)(C)C)C3)cc(I)c1OCc1ccccc1F. The van der Waals surface area contributed by atoms with E-state index in [-0.39, 0.29) is 23.7 Å². The van der Waals surface area contributed by atoms with Crippen LogP contribution in [0.3, 0.4) is 0 Å². The van der Waals surface area contributed by atoms with Crippen molar-refractivity contribution < 1.29 is 18.7 Å². The highest BCUT2D eigenvalue weighted by molar-refractivity contribution is 14.1. The lowest BCUT2D eigenvalue weighted by Crippen LogP contribution is -2.27. The molecular formula is C34H33ClFIN2O3S. The van der Waals surface area contributed by atoms with Crippen LogP contribution in [0.1, 0.15) is 59.1 Å². The van der Waals surface area contributed by atoms with Gasteiger partial charge in [-0.05, 0) is 107 Å². The van der Waals surface area contributed by atoms with Crippen LogP contribution in [0.2, 0.25) is 5.02 Å². The summed E-state index contributed by atoms with van der Waals surface area (Å²) >= 11 is 9.82. The van der Waals surface area contributed by atoms with E-state index in [1.54, 1.807) is 67.1 Å². The molecule has 9 heteroatoms. The summed E-state index contributed by atoms with van der Waals surface area (Å²) in [4.78, 5) is 19.8. The molecule has 0 saturated heterocycles.